The minimum Gasteiger partial charge on any atom is -0.489 e. The van der Waals surface area contributed by atoms with Crippen LogP contribution in [0.15, 0.2) is 30.5 Å². The molecule has 2 atom stereocenters. The minimum atomic E-state index is -0.837. The van der Waals surface area contributed by atoms with Crippen molar-refractivity contribution in [3.05, 3.63) is 47.5 Å². The molecule has 8 heteroatoms. The maximum atomic E-state index is 12.8. The Bertz CT molecular complexity index is 948. The SMILES string of the molecule is CCC1(C)OCc2cnc(C(=O)NC3COc4ccccc4N(C)C3=O)nc21. The number of amides is 2. The topological polar surface area (TPSA) is 93.7 Å². The van der Waals surface area contributed by atoms with Gasteiger partial charge in [-0.2, -0.15) is 0 Å². The molecule has 28 heavy (non-hydrogen) atoms. The number of nitrogens with zero attached hydrogens (tertiary/aromatic N) is 3. The highest BCUT2D eigenvalue weighted by Crippen LogP contribution is 2.37. The molecule has 2 unspecified atom stereocenters. The zero-order valence-electron chi connectivity index (χ0n) is 16.1. The lowest BCUT2D eigenvalue weighted by atomic mass is 9.98. The molecule has 146 valence electrons. The average Bonchev–Trinajstić information content (AvgIpc) is 3.01. The first kappa shape index (κ1) is 18.4. The molecule has 2 amide bonds. The number of hydrogen-bond acceptors (Lipinski definition) is 6. The molecule has 2 aromatic rings. The van der Waals surface area contributed by atoms with Crippen molar-refractivity contribution in [3.63, 3.8) is 0 Å². The number of likely N-dealkylation sites (N-methyl/N-ethyl adjacent to an activating group) is 1. The molecule has 0 radical (unpaired) electrons. The molecule has 4 rings (SSSR count). The summed E-state index contributed by atoms with van der Waals surface area (Å²) in [6.45, 7) is 4.42. The third-order valence-corrected chi connectivity index (χ3v) is 5.36. The number of fused-ring (bicyclic) bond motifs is 2. The molecule has 1 N–H and O–H groups in total. The van der Waals surface area contributed by atoms with Crippen LogP contribution in [0.5, 0.6) is 5.75 Å². The lowest BCUT2D eigenvalue weighted by Gasteiger charge is -2.22. The Morgan fingerprint density at radius 1 is 1.39 bits per heavy atom. The van der Waals surface area contributed by atoms with Crippen molar-refractivity contribution in [3.8, 4) is 5.75 Å². The Morgan fingerprint density at radius 3 is 2.96 bits per heavy atom. The molecule has 0 aliphatic carbocycles. The molecule has 3 heterocycles. The van der Waals surface area contributed by atoms with Gasteiger partial charge in [0.15, 0.2) is 0 Å². The van der Waals surface area contributed by atoms with Gasteiger partial charge in [0, 0.05) is 18.8 Å². The molecule has 0 saturated carbocycles. The third kappa shape index (κ3) is 2.99. The molecule has 1 aromatic carbocycles. The van der Waals surface area contributed by atoms with E-state index in [0.717, 1.165) is 17.7 Å². The van der Waals surface area contributed by atoms with E-state index in [4.69, 9.17) is 9.47 Å². The van der Waals surface area contributed by atoms with Gasteiger partial charge in [-0.3, -0.25) is 9.59 Å². The van der Waals surface area contributed by atoms with E-state index in [1.165, 1.54) is 4.90 Å². The van der Waals surface area contributed by atoms with Crippen LogP contribution < -0.4 is 15.0 Å². The molecule has 8 nitrogen and oxygen atoms in total. The fraction of sp³-hybridized carbons (Fsp3) is 0.400. The Morgan fingerprint density at radius 2 is 2.18 bits per heavy atom. The van der Waals surface area contributed by atoms with Crippen molar-refractivity contribution in [1.29, 1.82) is 0 Å². The number of ether oxygens (including phenoxy) is 2. The van der Waals surface area contributed by atoms with Gasteiger partial charge in [-0.05, 0) is 25.5 Å². The monoisotopic (exact) mass is 382 g/mol. The summed E-state index contributed by atoms with van der Waals surface area (Å²) >= 11 is 0. The number of benzene rings is 1. The fourth-order valence-electron chi connectivity index (χ4n) is 3.43. The first-order valence-electron chi connectivity index (χ1n) is 9.23. The Kier molecular flexibility index (Phi) is 4.50. The number of para-hydroxylation sites is 2. The second-order valence-corrected chi connectivity index (χ2v) is 7.14. The highest BCUT2D eigenvalue weighted by Gasteiger charge is 2.37. The number of aromatic nitrogens is 2. The summed E-state index contributed by atoms with van der Waals surface area (Å²) in [5.74, 6) is -0.170. The van der Waals surface area contributed by atoms with Gasteiger partial charge in [-0.15, -0.1) is 0 Å². The van der Waals surface area contributed by atoms with Crippen LogP contribution in [0, 0.1) is 0 Å². The Balaban J connectivity index is 1.55. The van der Waals surface area contributed by atoms with E-state index < -0.39 is 17.6 Å². The van der Waals surface area contributed by atoms with Crippen LogP contribution in [-0.2, 0) is 21.7 Å². The van der Waals surface area contributed by atoms with Crippen molar-refractivity contribution >= 4 is 17.5 Å². The van der Waals surface area contributed by atoms with Crippen LogP contribution in [0.2, 0.25) is 0 Å². The number of hydrogen-bond donors (Lipinski definition) is 1. The van der Waals surface area contributed by atoms with E-state index >= 15 is 0 Å². The Hall–Kier alpha value is -3.00. The smallest absolute Gasteiger partial charge is 0.289 e. The van der Waals surface area contributed by atoms with Crippen LogP contribution in [0.4, 0.5) is 5.69 Å². The standard InChI is InChI=1S/C20H22N4O4/c1-4-20(2)16-12(10-28-20)9-21-17(23-16)18(25)22-13-11-27-15-8-6-5-7-14(15)24(3)19(13)26/h5-9,13H,4,10-11H2,1-3H3,(H,22,25). The molecular formula is C20H22N4O4. The van der Waals surface area contributed by atoms with Crippen molar-refractivity contribution in [1.82, 2.24) is 15.3 Å². The van der Waals surface area contributed by atoms with Crippen LogP contribution >= 0.6 is 0 Å². The van der Waals surface area contributed by atoms with Gasteiger partial charge in [0.05, 0.1) is 18.0 Å². The predicted octanol–water partition coefficient (Wildman–Crippen LogP) is 1.79. The maximum Gasteiger partial charge on any atom is 0.289 e. The highest BCUT2D eigenvalue weighted by atomic mass is 16.5. The zero-order chi connectivity index (χ0) is 19.9. The lowest BCUT2D eigenvalue weighted by molar-refractivity contribution is -0.120. The third-order valence-electron chi connectivity index (χ3n) is 5.36. The Labute approximate surface area is 162 Å². The molecule has 0 spiro atoms. The summed E-state index contributed by atoms with van der Waals surface area (Å²) in [5.41, 5.74) is 1.73. The largest absolute Gasteiger partial charge is 0.489 e. The second-order valence-electron chi connectivity index (χ2n) is 7.14. The number of carbonyl (C=O) groups excluding carboxylic acids is 2. The molecule has 2 aliphatic heterocycles. The normalized spacial score (nSPS) is 23.5. The average molecular weight is 382 g/mol. The van der Waals surface area contributed by atoms with Crippen LogP contribution in [-0.4, -0.2) is 41.5 Å². The summed E-state index contributed by atoms with van der Waals surface area (Å²) in [7, 11) is 1.66. The van der Waals surface area contributed by atoms with Crippen molar-refractivity contribution in [2.75, 3.05) is 18.6 Å². The van der Waals surface area contributed by atoms with E-state index in [1.807, 2.05) is 26.0 Å². The minimum absolute atomic E-state index is 0.0149. The van der Waals surface area contributed by atoms with Gasteiger partial charge in [0.2, 0.25) is 5.82 Å². The predicted molar refractivity (Wildman–Crippen MR) is 101 cm³/mol. The van der Waals surface area contributed by atoms with E-state index in [-0.39, 0.29) is 18.3 Å². The van der Waals surface area contributed by atoms with Gasteiger partial charge in [-0.1, -0.05) is 19.1 Å². The summed E-state index contributed by atoms with van der Waals surface area (Å²) in [6.07, 6.45) is 2.35. The summed E-state index contributed by atoms with van der Waals surface area (Å²) < 4.78 is 11.5. The van der Waals surface area contributed by atoms with Gasteiger partial charge < -0.3 is 19.7 Å². The quantitative estimate of drug-likeness (QED) is 0.870. The molecule has 0 saturated heterocycles. The van der Waals surface area contributed by atoms with E-state index in [0.29, 0.717) is 18.0 Å². The number of carbonyl (C=O) groups is 2. The van der Waals surface area contributed by atoms with Crippen LogP contribution in [0.25, 0.3) is 0 Å². The fourth-order valence-corrected chi connectivity index (χ4v) is 3.43. The van der Waals surface area contributed by atoms with Gasteiger partial charge in [-0.25, -0.2) is 9.97 Å². The number of rotatable bonds is 3. The van der Waals surface area contributed by atoms with Crippen LogP contribution in [0.3, 0.4) is 0 Å². The van der Waals surface area contributed by atoms with Crippen molar-refractivity contribution in [2.24, 2.45) is 0 Å². The first-order chi connectivity index (χ1) is 13.4. The van der Waals surface area contributed by atoms with E-state index in [2.05, 4.69) is 15.3 Å². The second kappa shape index (κ2) is 6.87. The molecule has 0 bridgehead atoms. The molecule has 1 aromatic heterocycles. The highest BCUT2D eigenvalue weighted by molar-refractivity contribution is 6.02. The summed E-state index contributed by atoms with van der Waals surface area (Å²) in [4.78, 5) is 35.6. The van der Waals surface area contributed by atoms with E-state index in [1.54, 1.807) is 25.4 Å². The summed E-state index contributed by atoms with van der Waals surface area (Å²) in [6, 6.07) is 6.41. The molecule has 0 fully saturated rings. The van der Waals surface area contributed by atoms with E-state index in [9.17, 15) is 9.59 Å². The van der Waals surface area contributed by atoms with Gasteiger partial charge >= 0.3 is 0 Å². The van der Waals surface area contributed by atoms with Gasteiger partial charge in [0.1, 0.15) is 24.0 Å². The molecular weight excluding hydrogens is 360 g/mol. The number of nitrogens with one attached hydrogen (secondary N) is 1. The zero-order valence-corrected chi connectivity index (χ0v) is 16.1. The van der Waals surface area contributed by atoms with Crippen molar-refractivity contribution in [2.45, 2.75) is 38.5 Å². The lowest BCUT2D eigenvalue weighted by Crippen LogP contribution is -2.49. The first-order valence-corrected chi connectivity index (χ1v) is 9.23. The maximum absolute atomic E-state index is 12.8. The molecule has 2 aliphatic rings. The van der Waals surface area contributed by atoms with Crippen molar-refractivity contribution < 1.29 is 19.1 Å². The van der Waals surface area contributed by atoms with Crippen LogP contribution in [0.1, 0.15) is 42.1 Å². The van der Waals surface area contributed by atoms with Gasteiger partial charge in [0.25, 0.3) is 11.8 Å². The summed E-state index contributed by atoms with van der Waals surface area (Å²) in [5, 5.41) is 2.71. The number of anilines is 1.